The number of nitrogens with one attached hydrogen (secondary N) is 1. The predicted octanol–water partition coefficient (Wildman–Crippen LogP) is 2.67. The minimum absolute atomic E-state index is 0.0688. The Bertz CT molecular complexity index is 640. The van der Waals surface area contributed by atoms with E-state index in [9.17, 15) is 14.5 Å². The van der Waals surface area contributed by atoms with Crippen LogP contribution in [0.15, 0.2) is 30.5 Å². The maximum absolute atomic E-state index is 13.8. The second kappa shape index (κ2) is 6.45. The molecule has 1 heterocycles. The molecule has 0 aliphatic heterocycles. The van der Waals surface area contributed by atoms with Gasteiger partial charge in [0.15, 0.2) is 0 Å². The Kier molecular flexibility index (Phi) is 4.64. The molecular weight excluding hydrogens is 275 g/mol. The van der Waals surface area contributed by atoms with E-state index in [1.54, 1.807) is 12.3 Å². The molecule has 0 radical (unpaired) electrons. The Morgan fingerprint density at radius 1 is 1.43 bits per heavy atom. The molecular formula is C14H17FN4O2. The van der Waals surface area contributed by atoms with Gasteiger partial charge in [-0.15, -0.1) is 0 Å². The molecule has 0 bridgehead atoms. The average Bonchev–Trinajstić information content (AvgIpc) is 2.87. The van der Waals surface area contributed by atoms with Crippen LogP contribution in [0.3, 0.4) is 0 Å². The quantitative estimate of drug-likeness (QED) is 0.656. The number of benzene rings is 1. The normalized spacial score (nSPS) is 11.0. The summed E-state index contributed by atoms with van der Waals surface area (Å²) in [4.78, 5) is 10.2. The standard InChI is InChI=1S/C14H17FN4O2/c1-10(2)8-16-9-11-5-6-18(17-11)14-7-12(19(20)21)3-4-13(14)15/h3-7,10,16H,8-9H2,1-2H3. The summed E-state index contributed by atoms with van der Waals surface area (Å²) in [6, 6.07) is 5.14. The number of halogens is 1. The Hall–Kier alpha value is -2.28. The number of nitro benzene ring substituents is 1. The van der Waals surface area contributed by atoms with E-state index >= 15 is 0 Å². The molecule has 0 amide bonds. The molecule has 0 spiro atoms. The van der Waals surface area contributed by atoms with Crippen molar-refractivity contribution < 1.29 is 9.31 Å². The van der Waals surface area contributed by atoms with Gasteiger partial charge < -0.3 is 5.32 Å². The minimum Gasteiger partial charge on any atom is -0.311 e. The van der Waals surface area contributed by atoms with E-state index in [4.69, 9.17) is 0 Å². The largest absolute Gasteiger partial charge is 0.311 e. The molecule has 112 valence electrons. The zero-order valence-corrected chi connectivity index (χ0v) is 11.9. The van der Waals surface area contributed by atoms with Crippen molar-refractivity contribution in [3.05, 3.63) is 52.1 Å². The van der Waals surface area contributed by atoms with Crippen LogP contribution in [0.1, 0.15) is 19.5 Å². The van der Waals surface area contributed by atoms with E-state index in [1.807, 2.05) is 0 Å². The van der Waals surface area contributed by atoms with Gasteiger partial charge in [0.2, 0.25) is 0 Å². The lowest BCUT2D eigenvalue weighted by Crippen LogP contribution is -2.19. The van der Waals surface area contributed by atoms with Gasteiger partial charge in [0.05, 0.1) is 10.6 Å². The van der Waals surface area contributed by atoms with Crippen LogP contribution >= 0.6 is 0 Å². The maximum atomic E-state index is 13.8. The summed E-state index contributed by atoms with van der Waals surface area (Å²) < 4.78 is 15.1. The number of non-ortho nitro benzene ring substituents is 1. The van der Waals surface area contributed by atoms with Crippen molar-refractivity contribution in [1.29, 1.82) is 0 Å². The zero-order valence-electron chi connectivity index (χ0n) is 11.9. The Morgan fingerprint density at radius 2 is 2.19 bits per heavy atom. The van der Waals surface area contributed by atoms with Gasteiger partial charge in [-0.2, -0.15) is 5.10 Å². The van der Waals surface area contributed by atoms with Gasteiger partial charge in [0.1, 0.15) is 11.5 Å². The van der Waals surface area contributed by atoms with Crippen molar-refractivity contribution in [2.75, 3.05) is 6.54 Å². The molecule has 1 aromatic carbocycles. The topological polar surface area (TPSA) is 73.0 Å². The first-order chi connectivity index (χ1) is 9.97. The van der Waals surface area contributed by atoms with Crippen molar-refractivity contribution in [3.63, 3.8) is 0 Å². The molecule has 1 N–H and O–H groups in total. The van der Waals surface area contributed by atoms with E-state index in [0.717, 1.165) is 24.4 Å². The molecule has 7 heteroatoms. The second-order valence-corrected chi connectivity index (χ2v) is 5.17. The van der Waals surface area contributed by atoms with Crippen LogP contribution in [0.25, 0.3) is 5.69 Å². The molecule has 1 aromatic heterocycles. The van der Waals surface area contributed by atoms with E-state index in [2.05, 4.69) is 24.3 Å². The van der Waals surface area contributed by atoms with Gasteiger partial charge in [0.25, 0.3) is 5.69 Å². The lowest BCUT2D eigenvalue weighted by Gasteiger charge is -2.05. The van der Waals surface area contributed by atoms with Gasteiger partial charge >= 0.3 is 0 Å². The monoisotopic (exact) mass is 292 g/mol. The highest BCUT2D eigenvalue weighted by molar-refractivity contribution is 5.43. The SMILES string of the molecule is CC(C)CNCc1ccn(-c2cc([N+](=O)[O-])ccc2F)n1. The number of nitrogens with zero attached hydrogens (tertiary/aromatic N) is 3. The Morgan fingerprint density at radius 3 is 2.86 bits per heavy atom. The van der Waals surface area contributed by atoms with Crippen LogP contribution in [-0.4, -0.2) is 21.2 Å². The van der Waals surface area contributed by atoms with Crippen molar-refractivity contribution in [1.82, 2.24) is 15.1 Å². The molecule has 0 aliphatic rings. The summed E-state index contributed by atoms with van der Waals surface area (Å²) in [7, 11) is 0. The van der Waals surface area contributed by atoms with Crippen LogP contribution in [0.4, 0.5) is 10.1 Å². The average molecular weight is 292 g/mol. The summed E-state index contributed by atoms with van der Waals surface area (Å²) >= 11 is 0. The molecule has 0 fully saturated rings. The van der Waals surface area contributed by atoms with E-state index in [-0.39, 0.29) is 11.4 Å². The van der Waals surface area contributed by atoms with Crippen LogP contribution in [0.5, 0.6) is 0 Å². The van der Waals surface area contributed by atoms with Gasteiger partial charge in [0, 0.05) is 24.9 Å². The van der Waals surface area contributed by atoms with E-state index in [0.29, 0.717) is 12.5 Å². The van der Waals surface area contributed by atoms with Gasteiger partial charge in [-0.3, -0.25) is 10.1 Å². The van der Waals surface area contributed by atoms with Crippen molar-refractivity contribution in [2.24, 2.45) is 5.92 Å². The zero-order chi connectivity index (χ0) is 15.4. The number of hydrogen-bond acceptors (Lipinski definition) is 4. The Balaban J connectivity index is 2.17. The summed E-state index contributed by atoms with van der Waals surface area (Å²) in [5.74, 6) is -0.0216. The first kappa shape index (κ1) is 15.1. The highest BCUT2D eigenvalue weighted by atomic mass is 19.1. The highest BCUT2D eigenvalue weighted by Crippen LogP contribution is 2.20. The first-order valence-corrected chi connectivity index (χ1v) is 6.67. The van der Waals surface area contributed by atoms with Gasteiger partial charge in [-0.05, 0) is 24.6 Å². The molecule has 0 aliphatic carbocycles. The lowest BCUT2D eigenvalue weighted by atomic mass is 10.2. The van der Waals surface area contributed by atoms with Gasteiger partial charge in [-0.25, -0.2) is 9.07 Å². The summed E-state index contributed by atoms with van der Waals surface area (Å²) in [5.41, 5.74) is 0.655. The fraction of sp³-hybridized carbons (Fsp3) is 0.357. The van der Waals surface area contributed by atoms with Crippen LogP contribution in [0.2, 0.25) is 0 Å². The Labute approximate surface area is 121 Å². The fourth-order valence-electron chi connectivity index (χ4n) is 1.87. The third-order valence-corrected chi connectivity index (χ3v) is 2.89. The number of hydrogen-bond donors (Lipinski definition) is 1. The summed E-state index contributed by atoms with van der Waals surface area (Å²) in [6.45, 7) is 5.63. The van der Waals surface area contributed by atoms with Crippen LogP contribution < -0.4 is 5.32 Å². The van der Waals surface area contributed by atoms with Crippen LogP contribution in [0, 0.1) is 21.8 Å². The lowest BCUT2D eigenvalue weighted by molar-refractivity contribution is -0.384. The smallest absolute Gasteiger partial charge is 0.271 e. The molecule has 2 rings (SSSR count). The number of aromatic nitrogens is 2. The van der Waals surface area contributed by atoms with Gasteiger partial charge in [-0.1, -0.05) is 13.8 Å². The van der Waals surface area contributed by atoms with Crippen molar-refractivity contribution in [2.45, 2.75) is 20.4 Å². The third-order valence-electron chi connectivity index (χ3n) is 2.89. The fourth-order valence-corrected chi connectivity index (χ4v) is 1.87. The predicted molar refractivity (Wildman–Crippen MR) is 76.7 cm³/mol. The molecule has 0 unspecified atom stereocenters. The molecule has 0 saturated carbocycles. The van der Waals surface area contributed by atoms with Crippen molar-refractivity contribution >= 4 is 5.69 Å². The molecule has 0 atom stereocenters. The van der Waals surface area contributed by atoms with E-state index < -0.39 is 10.7 Å². The number of nitro groups is 1. The maximum Gasteiger partial charge on any atom is 0.271 e. The molecule has 0 saturated heterocycles. The molecule has 2 aromatic rings. The van der Waals surface area contributed by atoms with Crippen molar-refractivity contribution in [3.8, 4) is 5.69 Å². The third kappa shape index (κ3) is 3.85. The molecule has 21 heavy (non-hydrogen) atoms. The molecule has 6 nitrogen and oxygen atoms in total. The summed E-state index contributed by atoms with van der Waals surface area (Å²) in [5, 5.41) is 18.2. The second-order valence-electron chi connectivity index (χ2n) is 5.17. The first-order valence-electron chi connectivity index (χ1n) is 6.67. The summed E-state index contributed by atoms with van der Waals surface area (Å²) in [6.07, 6.45) is 1.59. The van der Waals surface area contributed by atoms with Crippen LogP contribution in [-0.2, 0) is 6.54 Å². The van der Waals surface area contributed by atoms with E-state index in [1.165, 1.54) is 10.7 Å². The number of rotatable bonds is 6. The highest BCUT2D eigenvalue weighted by Gasteiger charge is 2.13. The minimum atomic E-state index is -0.558.